The number of unbranched alkanes of at least 4 members (excludes halogenated alkanes) is 4. The third-order valence-electron chi connectivity index (χ3n) is 2.95. The van der Waals surface area contributed by atoms with Gasteiger partial charge in [-0.05, 0) is 26.2 Å². The van der Waals surface area contributed by atoms with E-state index in [1.807, 2.05) is 6.92 Å². The summed E-state index contributed by atoms with van der Waals surface area (Å²) in [7, 11) is 0. The van der Waals surface area contributed by atoms with Crippen molar-refractivity contribution in [2.24, 2.45) is 5.73 Å². The molecule has 0 aromatic rings. The third kappa shape index (κ3) is 9.16. The van der Waals surface area contributed by atoms with Gasteiger partial charge in [-0.15, -0.1) is 0 Å². The molecule has 3 heteroatoms. The first-order chi connectivity index (χ1) is 8.11. The van der Waals surface area contributed by atoms with Gasteiger partial charge in [0.05, 0.1) is 6.10 Å². The molecule has 0 fully saturated rings. The van der Waals surface area contributed by atoms with Gasteiger partial charge in [-0.25, -0.2) is 0 Å². The number of rotatable bonds is 10. The van der Waals surface area contributed by atoms with Crippen LogP contribution in [0.1, 0.15) is 72.1 Å². The highest BCUT2D eigenvalue weighted by atomic mass is 16.5. The monoisotopic (exact) mass is 243 g/mol. The van der Waals surface area contributed by atoms with Gasteiger partial charge in [0, 0.05) is 0 Å². The molecular formula is C14H29NO2. The fraction of sp³-hybridized carbons (Fsp3) is 0.929. The molecule has 2 unspecified atom stereocenters. The lowest BCUT2D eigenvalue weighted by molar-refractivity contribution is -0.150. The molecule has 102 valence electrons. The summed E-state index contributed by atoms with van der Waals surface area (Å²) in [6.45, 7) is 6.24. The molecule has 0 heterocycles. The van der Waals surface area contributed by atoms with Crippen molar-refractivity contribution in [3.63, 3.8) is 0 Å². The Morgan fingerprint density at radius 2 is 1.71 bits per heavy atom. The summed E-state index contributed by atoms with van der Waals surface area (Å²) < 4.78 is 5.33. The zero-order chi connectivity index (χ0) is 13.1. The van der Waals surface area contributed by atoms with Gasteiger partial charge in [-0.2, -0.15) is 0 Å². The zero-order valence-corrected chi connectivity index (χ0v) is 11.7. The predicted molar refractivity (Wildman–Crippen MR) is 71.8 cm³/mol. The van der Waals surface area contributed by atoms with Crippen LogP contribution in [-0.2, 0) is 9.53 Å². The fourth-order valence-electron chi connectivity index (χ4n) is 1.75. The van der Waals surface area contributed by atoms with Gasteiger partial charge in [-0.1, -0.05) is 46.0 Å². The molecule has 0 aromatic heterocycles. The topological polar surface area (TPSA) is 52.3 Å². The van der Waals surface area contributed by atoms with Gasteiger partial charge in [0.15, 0.2) is 0 Å². The highest BCUT2D eigenvalue weighted by molar-refractivity contribution is 5.75. The Labute approximate surface area is 106 Å². The lowest BCUT2D eigenvalue weighted by Gasteiger charge is -2.16. The van der Waals surface area contributed by atoms with E-state index in [9.17, 15) is 4.79 Å². The zero-order valence-electron chi connectivity index (χ0n) is 11.7. The molecule has 2 atom stereocenters. The van der Waals surface area contributed by atoms with E-state index in [0.717, 1.165) is 32.1 Å². The van der Waals surface area contributed by atoms with Crippen molar-refractivity contribution in [3.8, 4) is 0 Å². The summed E-state index contributed by atoms with van der Waals surface area (Å²) in [6, 6.07) is -0.437. The maximum Gasteiger partial charge on any atom is 0.323 e. The van der Waals surface area contributed by atoms with Gasteiger partial charge >= 0.3 is 5.97 Å². The molecule has 0 aliphatic rings. The molecule has 0 rings (SSSR count). The Balaban J connectivity index is 3.63. The Morgan fingerprint density at radius 1 is 1.06 bits per heavy atom. The molecule has 0 saturated heterocycles. The highest BCUT2D eigenvalue weighted by Gasteiger charge is 2.16. The molecule has 0 aromatic carbocycles. The molecule has 17 heavy (non-hydrogen) atoms. The molecular weight excluding hydrogens is 214 g/mol. The Hall–Kier alpha value is -0.570. The molecule has 0 bridgehead atoms. The van der Waals surface area contributed by atoms with Crippen LogP contribution in [0, 0.1) is 0 Å². The highest BCUT2D eigenvalue weighted by Crippen LogP contribution is 2.09. The van der Waals surface area contributed by atoms with E-state index in [4.69, 9.17) is 10.5 Å². The first-order valence-corrected chi connectivity index (χ1v) is 7.07. The predicted octanol–water partition coefficient (Wildman–Crippen LogP) is 3.41. The van der Waals surface area contributed by atoms with Crippen molar-refractivity contribution in [2.45, 2.75) is 84.3 Å². The van der Waals surface area contributed by atoms with Gasteiger partial charge in [0.2, 0.25) is 0 Å². The largest absolute Gasteiger partial charge is 0.462 e. The van der Waals surface area contributed by atoms with Crippen LogP contribution in [0.2, 0.25) is 0 Å². The molecule has 0 spiro atoms. The van der Waals surface area contributed by atoms with Crippen LogP contribution in [0.25, 0.3) is 0 Å². The number of hydrogen-bond acceptors (Lipinski definition) is 3. The van der Waals surface area contributed by atoms with E-state index in [2.05, 4.69) is 13.8 Å². The Kier molecular flexibility index (Phi) is 10.2. The van der Waals surface area contributed by atoms with Crippen LogP contribution in [0.5, 0.6) is 0 Å². The van der Waals surface area contributed by atoms with Crippen molar-refractivity contribution in [2.75, 3.05) is 0 Å². The fourth-order valence-corrected chi connectivity index (χ4v) is 1.75. The number of carbonyl (C=O) groups excluding carboxylic acids is 1. The van der Waals surface area contributed by atoms with E-state index >= 15 is 0 Å². The normalized spacial score (nSPS) is 14.4. The maximum atomic E-state index is 11.6. The summed E-state index contributed by atoms with van der Waals surface area (Å²) in [5.41, 5.74) is 5.75. The van der Waals surface area contributed by atoms with Crippen molar-refractivity contribution in [3.05, 3.63) is 0 Å². The second-order valence-corrected chi connectivity index (χ2v) is 4.85. The van der Waals surface area contributed by atoms with Crippen LogP contribution >= 0.6 is 0 Å². The SMILES string of the molecule is CCCCCCC(C)OC(=O)C(N)CCCC. The molecule has 0 amide bonds. The number of ether oxygens (including phenoxy) is 1. The molecule has 0 aliphatic heterocycles. The van der Waals surface area contributed by atoms with Gasteiger partial charge in [-0.3, -0.25) is 4.79 Å². The minimum atomic E-state index is -0.437. The smallest absolute Gasteiger partial charge is 0.323 e. The quantitative estimate of drug-likeness (QED) is 0.472. The summed E-state index contributed by atoms with van der Waals surface area (Å²) in [4.78, 5) is 11.6. The van der Waals surface area contributed by atoms with E-state index in [1.165, 1.54) is 19.3 Å². The van der Waals surface area contributed by atoms with Crippen LogP contribution in [-0.4, -0.2) is 18.1 Å². The molecule has 2 N–H and O–H groups in total. The van der Waals surface area contributed by atoms with Gasteiger partial charge < -0.3 is 10.5 Å². The summed E-state index contributed by atoms with van der Waals surface area (Å²) in [6.07, 6.45) is 8.59. The van der Waals surface area contributed by atoms with Gasteiger partial charge in [0.1, 0.15) is 6.04 Å². The molecule has 0 radical (unpaired) electrons. The van der Waals surface area contributed by atoms with Crippen molar-refractivity contribution in [1.82, 2.24) is 0 Å². The second-order valence-electron chi connectivity index (χ2n) is 4.85. The van der Waals surface area contributed by atoms with Crippen molar-refractivity contribution < 1.29 is 9.53 Å². The minimum Gasteiger partial charge on any atom is -0.462 e. The molecule has 3 nitrogen and oxygen atoms in total. The van der Waals surface area contributed by atoms with Crippen LogP contribution < -0.4 is 5.73 Å². The van der Waals surface area contributed by atoms with Crippen molar-refractivity contribution in [1.29, 1.82) is 0 Å². The summed E-state index contributed by atoms with van der Waals surface area (Å²) in [5.74, 6) is -0.235. The number of nitrogens with two attached hydrogens (primary N) is 1. The minimum absolute atomic E-state index is 0.00651. The van der Waals surface area contributed by atoms with E-state index in [1.54, 1.807) is 0 Å². The van der Waals surface area contributed by atoms with Crippen LogP contribution in [0.4, 0.5) is 0 Å². The molecule has 0 aliphatic carbocycles. The Bertz CT molecular complexity index is 195. The lowest BCUT2D eigenvalue weighted by Crippen LogP contribution is -2.34. The standard InChI is InChI=1S/C14H29NO2/c1-4-6-8-9-10-12(3)17-14(16)13(15)11-7-5-2/h12-13H,4-11,15H2,1-3H3. The average molecular weight is 243 g/mol. The average Bonchev–Trinajstić information content (AvgIpc) is 2.31. The maximum absolute atomic E-state index is 11.6. The van der Waals surface area contributed by atoms with E-state index in [0.29, 0.717) is 0 Å². The van der Waals surface area contributed by atoms with E-state index in [-0.39, 0.29) is 12.1 Å². The van der Waals surface area contributed by atoms with Crippen molar-refractivity contribution >= 4 is 5.97 Å². The van der Waals surface area contributed by atoms with Crippen LogP contribution in [0.15, 0.2) is 0 Å². The second kappa shape index (κ2) is 10.6. The first kappa shape index (κ1) is 16.4. The number of esters is 1. The van der Waals surface area contributed by atoms with E-state index < -0.39 is 6.04 Å². The van der Waals surface area contributed by atoms with Gasteiger partial charge in [0.25, 0.3) is 0 Å². The molecule has 0 saturated carbocycles. The first-order valence-electron chi connectivity index (χ1n) is 7.07. The summed E-state index contributed by atoms with van der Waals surface area (Å²) >= 11 is 0. The third-order valence-corrected chi connectivity index (χ3v) is 2.95. The Morgan fingerprint density at radius 3 is 2.29 bits per heavy atom. The summed E-state index contributed by atoms with van der Waals surface area (Å²) in [5, 5.41) is 0. The number of hydrogen-bond donors (Lipinski definition) is 1. The van der Waals surface area contributed by atoms with Crippen LogP contribution in [0.3, 0.4) is 0 Å². The number of carbonyl (C=O) groups is 1. The lowest BCUT2D eigenvalue weighted by atomic mass is 10.1.